The number of sulfone groups is 1. The third kappa shape index (κ3) is 3.57. The monoisotopic (exact) mass is 317 g/mol. The van der Waals surface area contributed by atoms with Crippen molar-refractivity contribution >= 4 is 15.7 Å². The fraction of sp³-hybridized carbons (Fsp3) is 0.929. The lowest BCUT2D eigenvalue weighted by Gasteiger charge is -2.38. The molecule has 3 N–H and O–H groups in total. The molecule has 0 aromatic heterocycles. The standard InChI is InChI=1S/C14H27N3O3S/c1-10(2)16-14(13(15)18)5-4-12(8-14)17-6-7-21(19,20)9-11(17)3/h10-12,16H,4-9H2,1-3H3,(H2,15,18). The van der Waals surface area contributed by atoms with E-state index in [9.17, 15) is 13.2 Å². The molecule has 1 saturated carbocycles. The summed E-state index contributed by atoms with van der Waals surface area (Å²) in [7, 11) is -2.91. The Balaban J connectivity index is 2.09. The summed E-state index contributed by atoms with van der Waals surface area (Å²) in [6.45, 7) is 6.53. The molecular formula is C14H27N3O3S. The first-order chi connectivity index (χ1) is 9.65. The number of hydrogen-bond donors (Lipinski definition) is 2. The average Bonchev–Trinajstić information content (AvgIpc) is 2.72. The maximum absolute atomic E-state index is 11.9. The van der Waals surface area contributed by atoms with Gasteiger partial charge in [0.15, 0.2) is 9.84 Å². The van der Waals surface area contributed by atoms with Crippen LogP contribution in [0.15, 0.2) is 0 Å². The van der Waals surface area contributed by atoms with Gasteiger partial charge in [-0.3, -0.25) is 9.69 Å². The van der Waals surface area contributed by atoms with Gasteiger partial charge in [0, 0.05) is 24.7 Å². The van der Waals surface area contributed by atoms with Crippen LogP contribution in [0.4, 0.5) is 0 Å². The average molecular weight is 317 g/mol. The Labute approximate surface area is 127 Å². The number of nitrogens with one attached hydrogen (secondary N) is 1. The van der Waals surface area contributed by atoms with E-state index >= 15 is 0 Å². The smallest absolute Gasteiger partial charge is 0.237 e. The van der Waals surface area contributed by atoms with Gasteiger partial charge in [-0.15, -0.1) is 0 Å². The number of primary amides is 1. The second kappa shape index (κ2) is 5.85. The van der Waals surface area contributed by atoms with Crippen LogP contribution in [0.25, 0.3) is 0 Å². The molecule has 0 aromatic carbocycles. The molecule has 1 aliphatic carbocycles. The lowest BCUT2D eigenvalue weighted by atomic mass is 9.95. The molecule has 0 radical (unpaired) electrons. The van der Waals surface area contributed by atoms with Crippen LogP contribution in [-0.4, -0.2) is 60.9 Å². The van der Waals surface area contributed by atoms with Gasteiger partial charge >= 0.3 is 0 Å². The van der Waals surface area contributed by atoms with E-state index in [2.05, 4.69) is 10.2 Å². The highest BCUT2D eigenvalue weighted by Crippen LogP contribution is 2.35. The van der Waals surface area contributed by atoms with Crippen molar-refractivity contribution in [2.45, 2.75) is 63.7 Å². The van der Waals surface area contributed by atoms with Crippen molar-refractivity contribution in [2.75, 3.05) is 18.1 Å². The summed E-state index contributed by atoms with van der Waals surface area (Å²) in [6, 6.07) is 0.432. The summed E-state index contributed by atoms with van der Waals surface area (Å²) in [5, 5.41) is 3.34. The largest absolute Gasteiger partial charge is 0.368 e. The number of carbonyl (C=O) groups excluding carboxylic acids is 1. The Morgan fingerprint density at radius 2 is 2.10 bits per heavy atom. The predicted octanol–water partition coefficient (Wildman–Crippen LogP) is -0.120. The van der Waals surface area contributed by atoms with E-state index < -0.39 is 15.4 Å². The third-order valence-corrected chi connectivity index (χ3v) is 6.51. The van der Waals surface area contributed by atoms with E-state index in [0.717, 1.165) is 12.8 Å². The molecule has 0 spiro atoms. The molecule has 3 unspecified atom stereocenters. The van der Waals surface area contributed by atoms with Crippen LogP contribution in [-0.2, 0) is 14.6 Å². The Kier molecular flexibility index (Phi) is 4.66. The molecule has 1 aliphatic heterocycles. The summed E-state index contributed by atoms with van der Waals surface area (Å²) in [6.07, 6.45) is 2.28. The van der Waals surface area contributed by atoms with Crippen molar-refractivity contribution in [1.29, 1.82) is 0 Å². The van der Waals surface area contributed by atoms with Crippen LogP contribution >= 0.6 is 0 Å². The van der Waals surface area contributed by atoms with Crippen LogP contribution in [0.1, 0.15) is 40.0 Å². The van der Waals surface area contributed by atoms with Crippen LogP contribution in [0.3, 0.4) is 0 Å². The SMILES string of the molecule is CC(C)NC1(C(N)=O)CCC(N2CCS(=O)(=O)CC2C)C1. The normalized spacial score (nSPS) is 37.0. The Bertz CT molecular complexity index is 506. The lowest BCUT2D eigenvalue weighted by Crippen LogP contribution is -2.58. The predicted molar refractivity (Wildman–Crippen MR) is 82.7 cm³/mol. The number of nitrogens with two attached hydrogens (primary N) is 1. The maximum atomic E-state index is 11.9. The van der Waals surface area contributed by atoms with E-state index in [1.54, 1.807) is 0 Å². The van der Waals surface area contributed by atoms with Crippen molar-refractivity contribution in [3.05, 3.63) is 0 Å². The molecule has 21 heavy (non-hydrogen) atoms. The van der Waals surface area contributed by atoms with Crippen molar-refractivity contribution in [3.63, 3.8) is 0 Å². The Hall–Kier alpha value is -0.660. The van der Waals surface area contributed by atoms with Crippen molar-refractivity contribution in [1.82, 2.24) is 10.2 Å². The highest BCUT2D eigenvalue weighted by Gasteiger charge is 2.47. The highest BCUT2D eigenvalue weighted by atomic mass is 32.2. The van der Waals surface area contributed by atoms with Crippen molar-refractivity contribution < 1.29 is 13.2 Å². The number of rotatable bonds is 4. The molecule has 3 atom stereocenters. The minimum Gasteiger partial charge on any atom is -0.368 e. The van der Waals surface area contributed by atoms with Crippen LogP contribution in [0.2, 0.25) is 0 Å². The fourth-order valence-corrected chi connectivity index (χ4v) is 5.42. The number of carbonyl (C=O) groups is 1. The molecule has 0 bridgehead atoms. The van der Waals surface area contributed by atoms with Gasteiger partial charge in [0.05, 0.1) is 17.0 Å². The third-order valence-electron chi connectivity index (χ3n) is 4.72. The highest BCUT2D eigenvalue weighted by molar-refractivity contribution is 7.91. The second-order valence-corrected chi connectivity index (χ2v) is 9.07. The number of amides is 1. The minimum atomic E-state index is -2.91. The summed E-state index contributed by atoms with van der Waals surface area (Å²) in [5.41, 5.74) is 4.99. The van der Waals surface area contributed by atoms with Gasteiger partial charge in [0.1, 0.15) is 0 Å². The van der Waals surface area contributed by atoms with Gasteiger partial charge in [-0.25, -0.2) is 8.42 Å². The van der Waals surface area contributed by atoms with E-state index in [4.69, 9.17) is 5.73 Å². The maximum Gasteiger partial charge on any atom is 0.237 e. The molecular weight excluding hydrogens is 290 g/mol. The topological polar surface area (TPSA) is 92.5 Å². The first-order valence-electron chi connectivity index (χ1n) is 7.69. The van der Waals surface area contributed by atoms with E-state index in [1.807, 2.05) is 20.8 Å². The zero-order valence-corrected chi connectivity index (χ0v) is 13.9. The summed E-state index contributed by atoms with van der Waals surface area (Å²) < 4.78 is 23.4. The van der Waals surface area contributed by atoms with E-state index in [1.165, 1.54) is 0 Å². The van der Waals surface area contributed by atoms with Gasteiger partial charge in [0.25, 0.3) is 0 Å². The molecule has 122 valence electrons. The first-order valence-corrected chi connectivity index (χ1v) is 9.51. The number of hydrogen-bond acceptors (Lipinski definition) is 5. The molecule has 2 rings (SSSR count). The molecule has 1 heterocycles. The van der Waals surface area contributed by atoms with E-state index in [-0.39, 0.29) is 35.5 Å². The molecule has 2 fully saturated rings. The van der Waals surface area contributed by atoms with E-state index in [0.29, 0.717) is 13.0 Å². The summed E-state index contributed by atoms with van der Waals surface area (Å²) in [4.78, 5) is 14.2. The molecule has 7 heteroatoms. The summed E-state index contributed by atoms with van der Waals surface area (Å²) >= 11 is 0. The zero-order chi connectivity index (χ0) is 15.8. The van der Waals surface area contributed by atoms with Gasteiger partial charge < -0.3 is 11.1 Å². The zero-order valence-electron chi connectivity index (χ0n) is 13.1. The quantitative estimate of drug-likeness (QED) is 0.754. The summed E-state index contributed by atoms with van der Waals surface area (Å²) in [5.74, 6) is 0.135. The van der Waals surface area contributed by atoms with Gasteiger partial charge in [-0.1, -0.05) is 0 Å². The Morgan fingerprint density at radius 1 is 1.43 bits per heavy atom. The minimum absolute atomic E-state index is 0.0106. The fourth-order valence-electron chi connectivity index (χ4n) is 3.83. The van der Waals surface area contributed by atoms with Crippen LogP contribution in [0.5, 0.6) is 0 Å². The molecule has 6 nitrogen and oxygen atoms in total. The van der Waals surface area contributed by atoms with Crippen molar-refractivity contribution in [2.24, 2.45) is 5.73 Å². The molecule has 2 aliphatic rings. The van der Waals surface area contributed by atoms with Crippen LogP contribution < -0.4 is 11.1 Å². The lowest BCUT2D eigenvalue weighted by molar-refractivity contribution is -0.124. The first kappa shape index (κ1) is 16.7. The molecule has 1 saturated heterocycles. The Morgan fingerprint density at radius 3 is 2.62 bits per heavy atom. The van der Waals surface area contributed by atoms with Gasteiger partial charge in [0.2, 0.25) is 5.91 Å². The van der Waals surface area contributed by atoms with Gasteiger partial charge in [-0.05, 0) is 40.0 Å². The number of nitrogens with zero attached hydrogens (tertiary/aromatic N) is 1. The molecule has 1 amide bonds. The van der Waals surface area contributed by atoms with Gasteiger partial charge in [-0.2, -0.15) is 0 Å². The van der Waals surface area contributed by atoms with Crippen molar-refractivity contribution in [3.8, 4) is 0 Å². The second-order valence-electron chi connectivity index (χ2n) is 6.84. The molecule has 0 aromatic rings. The van der Waals surface area contributed by atoms with Crippen LogP contribution in [0, 0.1) is 0 Å².